The van der Waals surface area contributed by atoms with Crippen LogP contribution in [0.5, 0.6) is 0 Å². The van der Waals surface area contributed by atoms with E-state index in [1.807, 2.05) is 79.0 Å². The second-order valence-corrected chi connectivity index (χ2v) is 28.2. The SMILES string of the molecule is C.C.C=CC(=O)N1C[C@H](C)N(c2nc(=O)n(-c3c(C)ccnc3C(C)C)c3nc(-c4c(F)cccc4S(C)(=O)=O)c(Cl)cc23)C[C@H]1C.C=CC(=O)N1C[C@H](C)N(c2nc(=O)n(-c3c(C)ccnc3C(C)C)c3nc(-c4c(F)cccc4S(C)(=O)=O)c(Cl)cc23)C[C@H]1C. The Morgan fingerprint density at radius 1 is 0.576 bits per heavy atom. The zero-order valence-corrected chi connectivity index (χ0v) is 54.9. The smallest absolute Gasteiger partial charge is 0.349 e. The van der Waals surface area contributed by atoms with Crippen molar-refractivity contribution < 1.29 is 35.2 Å². The molecule has 8 heterocycles. The second-order valence-electron chi connectivity index (χ2n) is 23.4. The number of carbonyl (C=O) groups excluding carboxylic acids is 2. The highest BCUT2D eigenvalue weighted by Crippen LogP contribution is 2.42. The number of carbonyl (C=O) groups is 2. The highest BCUT2D eigenvalue weighted by atomic mass is 35.5. The molecule has 2 fully saturated rings. The Labute approximate surface area is 545 Å². The maximum absolute atomic E-state index is 15.5. The highest BCUT2D eigenvalue weighted by Gasteiger charge is 2.37. The molecule has 92 heavy (non-hydrogen) atoms. The minimum atomic E-state index is -3.90. The number of anilines is 2. The molecular formula is C66H76Cl2F2N12O8S2. The number of aryl methyl sites for hydroxylation is 2. The fourth-order valence-electron chi connectivity index (χ4n) is 11.8. The van der Waals surface area contributed by atoms with Gasteiger partial charge in [0.2, 0.25) is 11.8 Å². The third-order valence-corrected chi connectivity index (χ3v) is 19.0. The summed E-state index contributed by atoms with van der Waals surface area (Å²) in [6, 6.07) is 13.1. The van der Waals surface area contributed by atoms with Gasteiger partial charge in [-0.2, -0.15) is 9.97 Å². The number of pyridine rings is 4. The van der Waals surface area contributed by atoms with Gasteiger partial charge in [-0.1, -0.05) is 91.0 Å². The molecular weight excluding hydrogens is 1260 g/mol. The summed E-state index contributed by atoms with van der Waals surface area (Å²) in [5, 5.41) is 0.722. The Hall–Kier alpha value is -8.32. The van der Waals surface area contributed by atoms with Crippen LogP contribution < -0.4 is 21.2 Å². The molecule has 0 aliphatic carbocycles. The summed E-state index contributed by atoms with van der Waals surface area (Å²) in [6.07, 6.45) is 7.81. The highest BCUT2D eigenvalue weighted by molar-refractivity contribution is 7.91. The lowest BCUT2D eigenvalue weighted by Crippen LogP contribution is -2.58. The summed E-state index contributed by atoms with van der Waals surface area (Å²) in [4.78, 5) is 87.7. The van der Waals surface area contributed by atoms with E-state index in [2.05, 4.69) is 33.1 Å². The number of amides is 2. The van der Waals surface area contributed by atoms with Gasteiger partial charge in [0.25, 0.3) is 0 Å². The van der Waals surface area contributed by atoms with Crippen molar-refractivity contribution in [2.24, 2.45) is 0 Å². The Morgan fingerprint density at radius 2 is 0.924 bits per heavy atom. The molecule has 2 aromatic carbocycles. The van der Waals surface area contributed by atoms with Gasteiger partial charge in [-0.15, -0.1) is 0 Å². The fourth-order valence-corrected chi connectivity index (χ4v) is 14.0. The Morgan fingerprint density at radius 3 is 1.24 bits per heavy atom. The molecule has 6 aromatic heterocycles. The maximum atomic E-state index is 15.5. The summed E-state index contributed by atoms with van der Waals surface area (Å²) in [5.41, 5.74) is 1.68. The molecule has 2 aliphatic rings. The van der Waals surface area contributed by atoms with Crippen molar-refractivity contribution in [3.05, 3.63) is 164 Å². The number of aromatic nitrogens is 8. The fraction of sp³-hybridized carbons (Fsp3) is 0.364. The van der Waals surface area contributed by atoms with E-state index in [1.54, 1.807) is 34.3 Å². The van der Waals surface area contributed by atoms with Gasteiger partial charge in [-0.05, 0) is 125 Å². The van der Waals surface area contributed by atoms with Crippen molar-refractivity contribution in [1.82, 2.24) is 48.8 Å². The molecule has 0 spiro atoms. The van der Waals surface area contributed by atoms with E-state index in [-0.39, 0.29) is 116 Å². The summed E-state index contributed by atoms with van der Waals surface area (Å²) in [5.74, 6) is -1.65. The van der Waals surface area contributed by atoms with Crippen molar-refractivity contribution in [2.45, 2.75) is 130 Å². The molecule has 0 radical (unpaired) electrons. The van der Waals surface area contributed by atoms with Crippen LogP contribution in [-0.4, -0.2) is 140 Å². The summed E-state index contributed by atoms with van der Waals surface area (Å²) < 4.78 is 84.6. The first-order valence-corrected chi connectivity index (χ1v) is 33.4. The number of nitrogens with zero attached hydrogens (tertiary/aromatic N) is 12. The Balaban J connectivity index is 0.000000255. The van der Waals surface area contributed by atoms with Gasteiger partial charge in [-0.25, -0.2) is 54.3 Å². The standard InChI is InChI=1S/2C32H34ClFN6O4S.2CH4/c2*1-8-25(41)38-15-20(6)39(16-19(38)5)30-21-14-22(33)28(26-23(34)10-9-11-24(26)45(7,43)44)36-31(21)40(32(42)37-30)29-18(4)12-13-35-27(29)17(2)3;;/h2*8-14,17,19-20H,1,15-16H2,2-7H3;2*1H4/t2*19-,20+;;/m11../s1. The number of benzene rings is 2. The van der Waals surface area contributed by atoms with Crippen molar-refractivity contribution in [3.8, 4) is 33.9 Å². The van der Waals surface area contributed by atoms with Crippen LogP contribution in [0.25, 0.3) is 56.0 Å². The first kappa shape index (κ1) is 71.1. The van der Waals surface area contributed by atoms with E-state index in [0.717, 1.165) is 35.8 Å². The van der Waals surface area contributed by atoms with Gasteiger partial charge in [0.1, 0.15) is 23.3 Å². The molecule has 20 nitrogen and oxygen atoms in total. The minimum absolute atomic E-state index is 0. The lowest BCUT2D eigenvalue weighted by atomic mass is 10.0. The molecule has 2 saturated heterocycles. The number of halogens is 4. The van der Waals surface area contributed by atoms with Crippen LogP contribution in [0.2, 0.25) is 10.0 Å². The number of piperazine rings is 2. The van der Waals surface area contributed by atoms with E-state index >= 15 is 8.78 Å². The zero-order chi connectivity index (χ0) is 65.9. The van der Waals surface area contributed by atoms with Gasteiger partial charge in [0, 0.05) is 75.3 Å². The van der Waals surface area contributed by atoms with Gasteiger partial charge < -0.3 is 19.6 Å². The maximum Gasteiger partial charge on any atom is 0.355 e. The third kappa shape index (κ3) is 13.3. The quantitative estimate of drug-likeness (QED) is 0.103. The molecule has 2 aliphatic heterocycles. The molecule has 2 amide bonds. The summed E-state index contributed by atoms with van der Waals surface area (Å²) in [6.45, 7) is 27.7. The summed E-state index contributed by atoms with van der Waals surface area (Å²) in [7, 11) is -7.80. The Bertz CT molecular complexity index is 4350. The Kier molecular flexibility index (Phi) is 21.2. The van der Waals surface area contributed by atoms with E-state index in [1.165, 1.54) is 57.7 Å². The zero-order valence-electron chi connectivity index (χ0n) is 51.8. The van der Waals surface area contributed by atoms with Gasteiger partial charge in [0.15, 0.2) is 31.0 Å². The van der Waals surface area contributed by atoms with Crippen LogP contribution in [0.3, 0.4) is 0 Å². The number of hydrogen-bond donors (Lipinski definition) is 0. The molecule has 0 unspecified atom stereocenters. The normalized spacial score (nSPS) is 16.9. The monoisotopic (exact) mass is 1340 g/mol. The first-order chi connectivity index (χ1) is 42.3. The average Bonchev–Trinajstić information content (AvgIpc) is 0.739. The van der Waals surface area contributed by atoms with E-state index in [4.69, 9.17) is 33.2 Å². The molecule has 4 atom stereocenters. The molecule has 0 saturated carbocycles. The molecule has 10 rings (SSSR count). The van der Waals surface area contributed by atoms with E-state index in [9.17, 15) is 36.0 Å². The molecule has 488 valence electrons. The van der Waals surface area contributed by atoms with Crippen molar-refractivity contribution in [2.75, 3.05) is 48.5 Å². The largest absolute Gasteiger partial charge is 0.355 e. The minimum Gasteiger partial charge on any atom is -0.349 e. The van der Waals surface area contributed by atoms with Crippen molar-refractivity contribution in [3.63, 3.8) is 0 Å². The molecule has 8 aromatic rings. The second kappa shape index (κ2) is 27.5. The number of rotatable bonds is 12. The van der Waals surface area contributed by atoms with Crippen molar-refractivity contribution >= 4 is 88.4 Å². The third-order valence-electron chi connectivity index (χ3n) is 16.1. The van der Waals surface area contributed by atoms with Crippen LogP contribution in [0.15, 0.2) is 118 Å². The predicted octanol–water partition coefficient (Wildman–Crippen LogP) is 11.4. The lowest BCUT2D eigenvalue weighted by Gasteiger charge is -2.44. The van der Waals surface area contributed by atoms with Crippen molar-refractivity contribution in [1.29, 1.82) is 0 Å². The average molecular weight is 1340 g/mol. The summed E-state index contributed by atoms with van der Waals surface area (Å²) >= 11 is 13.6. The number of fused-ring (bicyclic) bond motifs is 2. The van der Waals surface area contributed by atoms with Crippen LogP contribution in [0.1, 0.15) is 105 Å². The van der Waals surface area contributed by atoms with Crippen LogP contribution in [0, 0.1) is 25.5 Å². The van der Waals surface area contributed by atoms with E-state index in [0.29, 0.717) is 71.3 Å². The molecule has 26 heteroatoms. The van der Waals surface area contributed by atoms with Gasteiger partial charge >= 0.3 is 11.4 Å². The number of sulfone groups is 2. The number of hydrogen-bond acceptors (Lipinski definition) is 16. The predicted molar refractivity (Wildman–Crippen MR) is 360 cm³/mol. The van der Waals surface area contributed by atoms with Crippen LogP contribution in [-0.2, 0) is 29.3 Å². The van der Waals surface area contributed by atoms with Crippen LogP contribution in [0.4, 0.5) is 20.4 Å². The molecule has 0 N–H and O–H groups in total. The first-order valence-electron chi connectivity index (χ1n) is 28.9. The topological polar surface area (TPSA) is 237 Å². The molecule has 0 bridgehead atoms. The van der Waals surface area contributed by atoms with Crippen LogP contribution >= 0.6 is 23.2 Å². The van der Waals surface area contributed by atoms with E-state index < -0.39 is 42.7 Å². The van der Waals surface area contributed by atoms with Gasteiger partial charge in [0.05, 0.1) is 75.9 Å². The van der Waals surface area contributed by atoms with Gasteiger partial charge in [-0.3, -0.25) is 19.6 Å². The lowest BCUT2D eigenvalue weighted by molar-refractivity contribution is -0.129.